The lowest BCUT2D eigenvalue weighted by molar-refractivity contribution is -0.145. The van der Waals surface area contributed by atoms with E-state index in [0.29, 0.717) is 24.5 Å². The van der Waals surface area contributed by atoms with Gasteiger partial charge in [-0.25, -0.2) is 4.79 Å². The van der Waals surface area contributed by atoms with Crippen LogP contribution < -0.4 is 0 Å². The molecule has 0 fully saturated rings. The van der Waals surface area contributed by atoms with Crippen LogP contribution in [0, 0.1) is 11.8 Å². The molecule has 0 aliphatic carbocycles. The van der Waals surface area contributed by atoms with Gasteiger partial charge in [-0.15, -0.1) is 0 Å². The summed E-state index contributed by atoms with van der Waals surface area (Å²) in [5.74, 6) is -0.131. The third-order valence-corrected chi connectivity index (χ3v) is 14.6. The number of esters is 2. The van der Waals surface area contributed by atoms with Gasteiger partial charge in [-0.3, -0.25) is 4.79 Å². The van der Waals surface area contributed by atoms with Crippen LogP contribution in [0.4, 0.5) is 0 Å². The van der Waals surface area contributed by atoms with Gasteiger partial charge >= 0.3 is 11.9 Å². The van der Waals surface area contributed by atoms with Gasteiger partial charge in [0.15, 0.2) is 8.32 Å². The SMILES string of the molecule is CCC(C)CC(CC(CC(C)C(=O)OC)(c1ccccc1)c1ccc(C(=O)OCCO[Si](C)(C)C(C)(C)C)cc1)c1ccccc1. The second-order valence-electron chi connectivity index (χ2n) is 14.5. The van der Waals surface area contributed by atoms with E-state index in [0.717, 1.165) is 30.4 Å². The van der Waals surface area contributed by atoms with E-state index < -0.39 is 13.7 Å². The van der Waals surface area contributed by atoms with Crippen molar-refractivity contribution in [3.63, 3.8) is 0 Å². The van der Waals surface area contributed by atoms with E-state index in [1.54, 1.807) is 0 Å². The van der Waals surface area contributed by atoms with Gasteiger partial charge in [-0.1, -0.05) is 121 Å². The van der Waals surface area contributed by atoms with Gasteiger partial charge in [-0.2, -0.15) is 0 Å². The van der Waals surface area contributed by atoms with E-state index in [1.807, 2.05) is 37.3 Å². The van der Waals surface area contributed by atoms with Crippen LogP contribution >= 0.6 is 0 Å². The minimum atomic E-state index is -1.92. The summed E-state index contributed by atoms with van der Waals surface area (Å²) in [4.78, 5) is 26.0. The summed E-state index contributed by atoms with van der Waals surface area (Å²) in [5, 5.41) is 0.0948. The van der Waals surface area contributed by atoms with Gasteiger partial charge in [0.25, 0.3) is 0 Å². The lowest BCUT2D eigenvalue weighted by Crippen LogP contribution is -2.41. The summed E-state index contributed by atoms with van der Waals surface area (Å²) in [6.45, 7) is 18.1. The van der Waals surface area contributed by atoms with Crippen LogP contribution in [0.2, 0.25) is 18.1 Å². The Morgan fingerprint density at radius 3 is 1.89 bits per heavy atom. The maximum absolute atomic E-state index is 13.1. The van der Waals surface area contributed by atoms with E-state index in [2.05, 4.69) is 102 Å². The summed E-state index contributed by atoms with van der Waals surface area (Å²) in [7, 11) is -0.462. The third-order valence-electron chi connectivity index (χ3n) is 10.1. The Morgan fingerprint density at radius 1 is 0.783 bits per heavy atom. The molecule has 250 valence electrons. The zero-order valence-corrected chi connectivity index (χ0v) is 30.6. The fraction of sp³-hybridized carbons (Fsp3) is 0.500. The van der Waals surface area contributed by atoms with E-state index in [1.165, 1.54) is 12.7 Å². The second kappa shape index (κ2) is 16.6. The molecule has 0 bridgehead atoms. The van der Waals surface area contributed by atoms with Crippen LogP contribution in [-0.2, 0) is 24.1 Å². The molecule has 0 aliphatic rings. The molecule has 0 heterocycles. The van der Waals surface area contributed by atoms with E-state index in [9.17, 15) is 9.59 Å². The Kier molecular flexibility index (Phi) is 13.4. The molecule has 0 saturated heterocycles. The van der Waals surface area contributed by atoms with Crippen molar-refractivity contribution in [2.75, 3.05) is 20.3 Å². The molecular formula is C40H56O5Si. The molecule has 0 spiro atoms. The minimum Gasteiger partial charge on any atom is -0.469 e. The number of hydrogen-bond acceptors (Lipinski definition) is 5. The van der Waals surface area contributed by atoms with Crippen LogP contribution in [0.25, 0.3) is 0 Å². The molecule has 4 atom stereocenters. The fourth-order valence-electron chi connectivity index (χ4n) is 6.08. The van der Waals surface area contributed by atoms with Crippen molar-refractivity contribution in [1.82, 2.24) is 0 Å². The van der Waals surface area contributed by atoms with Crippen LogP contribution in [0.5, 0.6) is 0 Å². The zero-order valence-electron chi connectivity index (χ0n) is 29.6. The third kappa shape index (κ3) is 9.65. The Balaban J connectivity index is 2.01. The first kappa shape index (κ1) is 37.2. The first-order valence-corrected chi connectivity index (χ1v) is 19.7. The largest absolute Gasteiger partial charge is 0.469 e. The number of hydrogen-bond donors (Lipinski definition) is 0. The predicted molar refractivity (Wildman–Crippen MR) is 191 cm³/mol. The molecule has 0 saturated carbocycles. The molecule has 0 amide bonds. The van der Waals surface area contributed by atoms with Gasteiger partial charge in [0, 0.05) is 5.41 Å². The van der Waals surface area contributed by atoms with E-state index in [-0.39, 0.29) is 35.4 Å². The van der Waals surface area contributed by atoms with Gasteiger partial charge in [0.2, 0.25) is 0 Å². The highest BCUT2D eigenvalue weighted by Crippen LogP contribution is 2.47. The highest BCUT2D eigenvalue weighted by molar-refractivity contribution is 6.74. The molecule has 3 aromatic carbocycles. The summed E-state index contributed by atoms with van der Waals surface area (Å²) >= 11 is 0. The van der Waals surface area contributed by atoms with Crippen LogP contribution in [0.3, 0.4) is 0 Å². The minimum absolute atomic E-state index is 0.0948. The van der Waals surface area contributed by atoms with Crippen molar-refractivity contribution >= 4 is 20.3 Å². The van der Waals surface area contributed by atoms with Crippen LogP contribution in [0.15, 0.2) is 84.9 Å². The van der Waals surface area contributed by atoms with Gasteiger partial charge in [0.05, 0.1) is 25.2 Å². The van der Waals surface area contributed by atoms with Crippen molar-refractivity contribution in [3.8, 4) is 0 Å². The first-order chi connectivity index (χ1) is 21.7. The fourth-order valence-corrected chi connectivity index (χ4v) is 7.10. The Bertz CT molecular complexity index is 1360. The summed E-state index contributed by atoms with van der Waals surface area (Å²) in [6.07, 6.45) is 3.50. The molecule has 6 heteroatoms. The van der Waals surface area contributed by atoms with Crippen molar-refractivity contribution in [1.29, 1.82) is 0 Å². The maximum atomic E-state index is 13.1. The molecule has 3 aromatic rings. The van der Waals surface area contributed by atoms with Gasteiger partial charge in [0.1, 0.15) is 6.61 Å². The molecule has 5 nitrogen and oxygen atoms in total. The van der Waals surface area contributed by atoms with Gasteiger partial charge in [-0.05, 0) is 78.1 Å². The topological polar surface area (TPSA) is 61.8 Å². The average Bonchev–Trinajstić information content (AvgIpc) is 3.05. The number of rotatable bonds is 16. The molecular weight excluding hydrogens is 589 g/mol. The number of carbonyl (C=O) groups is 2. The molecule has 46 heavy (non-hydrogen) atoms. The lowest BCUT2D eigenvalue weighted by atomic mass is 9.63. The predicted octanol–water partition coefficient (Wildman–Crippen LogP) is 9.96. The van der Waals surface area contributed by atoms with Crippen molar-refractivity contribution in [2.24, 2.45) is 11.8 Å². The van der Waals surface area contributed by atoms with Crippen LogP contribution in [0.1, 0.15) is 100 Å². The molecule has 0 radical (unpaired) electrons. The maximum Gasteiger partial charge on any atom is 0.338 e. The monoisotopic (exact) mass is 644 g/mol. The smallest absolute Gasteiger partial charge is 0.338 e. The Labute approximate surface area is 279 Å². The second-order valence-corrected chi connectivity index (χ2v) is 19.3. The lowest BCUT2D eigenvalue weighted by Gasteiger charge is -2.40. The number of benzene rings is 3. The van der Waals surface area contributed by atoms with Crippen molar-refractivity contribution in [2.45, 2.75) is 96.7 Å². The number of carbonyl (C=O) groups excluding carboxylic acids is 2. The average molecular weight is 645 g/mol. The van der Waals surface area contributed by atoms with E-state index >= 15 is 0 Å². The molecule has 4 unspecified atom stereocenters. The van der Waals surface area contributed by atoms with Gasteiger partial charge < -0.3 is 13.9 Å². The molecule has 3 rings (SSSR count). The Hall–Kier alpha value is -3.22. The highest BCUT2D eigenvalue weighted by atomic mass is 28.4. The molecule has 0 aromatic heterocycles. The summed E-state index contributed by atoms with van der Waals surface area (Å²) in [5.41, 5.74) is 3.50. The first-order valence-electron chi connectivity index (χ1n) is 16.8. The van der Waals surface area contributed by atoms with Crippen molar-refractivity contribution in [3.05, 3.63) is 107 Å². The zero-order chi connectivity index (χ0) is 34.0. The van der Waals surface area contributed by atoms with Crippen molar-refractivity contribution < 1.29 is 23.5 Å². The summed E-state index contributed by atoms with van der Waals surface area (Å²) in [6, 6.07) is 29.0. The number of methoxy groups -OCH3 is 1. The standard InChI is InChI=1S/C40H56O5Si/c1-10-30(2)27-34(32-17-13-11-14-18-32)29-40(28-31(3)37(41)43-7,35-19-15-12-16-20-35)36-23-21-33(22-24-36)38(42)44-25-26-45-46(8,9)39(4,5)6/h11-24,30-31,34H,10,25-29H2,1-9H3. The molecule has 0 aliphatic heterocycles. The Morgan fingerprint density at radius 2 is 1.35 bits per heavy atom. The van der Waals surface area contributed by atoms with E-state index in [4.69, 9.17) is 13.9 Å². The summed E-state index contributed by atoms with van der Waals surface area (Å²) < 4.78 is 17.1. The normalized spacial score (nSPS) is 15.3. The quantitative estimate of drug-likeness (QED) is 0.0882. The molecule has 0 N–H and O–H groups in total. The van der Waals surface area contributed by atoms with Crippen LogP contribution in [-0.4, -0.2) is 40.6 Å². The number of ether oxygens (including phenoxy) is 2. The highest BCUT2D eigenvalue weighted by Gasteiger charge is 2.40.